The van der Waals surface area contributed by atoms with Crippen LogP contribution in [0.3, 0.4) is 0 Å². The van der Waals surface area contributed by atoms with E-state index < -0.39 is 0 Å². The molecule has 12 heavy (non-hydrogen) atoms. The fraction of sp³-hybridized carbons (Fsp3) is 0.111. The van der Waals surface area contributed by atoms with Crippen molar-refractivity contribution in [1.82, 2.24) is 0 Å². The Labute approximate surface area is 86.4 Å². The average Bonchev–Trinajstić information content (AvgIpc) is 2.63. The quantitative estimate of drug-likeness (QED) is 0.721. The predicted molar refractivity (Wildman–Crippen MR) is 58.4 cm³/mol. The van der Waals surface area contributed by atoms with Crippen molar-refractivity contribution in [3.63, 3.8) is 0 Å². The third-order valence-electron chi connectivity index (χ3n) is 1.41. The van der Waals surface area contributed by atoms with Gasteiger partial charge in [-0.05, 0) is 0 Å². The van der Waals surface area contributed by atoms with Gasteiger partial charge in [0.05, 0.1) is 0 Å². The molecule has 0 saturated heterocycles. The molecule has 0 N–H and O–H groups in total. The van der Waals surface area contributed by atoms with Crippen molar-refractivity contribution >= 4 is 45.2 Å². The normalized spacial score (nSPS) is 10.4. The van der Waals surface area contributed by atoms with Crippen molar-refractivity contribution in [3.8, 4) is 0 Å². The van der Waals surface area contributed by atoms with Crippen LogP contribution in [0.2, 0.25) is 0 Å². The maximum absolute atomic E-state index is 2.25. The molecule has 0 atom stereocenters. The number of aryl methyl sites for hydroxylation is 1. The van der Waals surface area contributed by atoms with Crippen molar-refractivity contribution in [2.24, 2.45) is 0 Å². The molecule has 2 aromatic rings. The molecule has 0 aliphatic carbocycles. The van der Waals surface area contributed by atoms with Gasteiger partial charge in [0.2, 0.25) is 0 Å². The Kier molecular flexibility index (Phi) is 2.66. The molecule has 0 aliphatic rings. The van der Waals surface area contributed by atoms with Crippen LogP contribution in [0, 0.1) is 6.92 Å². The molecule has 62 valence electrons. The summed E-state index contributed by atoms with van der Waals surface area (Å²) in [6.07, 6.45) is 0. The Hall–Kier alpha value is -0.0805. The van der Waals surface area contributed by atoms with Crippen LogP contribution in [0.4, 0.5) is 0 Å². The summed E-state index contributed by atoms with van der Waals surface area (Å²) in [5.74, 6) is 0. The van der Waals surface area contributed by atoms with Crippen molar-refractivity contribution in [1.29, 1.82) is 0 Å². The Morgan fingerprint density at radius 3 is 2.67 bits per heavy atom. The van der Waals surface area contributed by atoms with Gasteiger partial charge in [0, 0.05) is 0 Å². The molecule has 0 radical (unpaired) electrons. The first-order chi connectivity index (χ1) is 5.84. The van der Waals surface area contributed by atoms with E-state index in [1.54, 1.807) is 0 Å². The number of rotatable bonds is 2. The van der Waals surface area contributed by atoms with E-state index in [4.69, 9.17) is 0 Å². The molecule has 0 amide bonds. The Morgan fingerprint density at radius 2 is 2.08 bits per heavy atom. The number of hydrogen-bond acceptors (Lipinski definition) is 2. The van der Waals surface area contributed by atoms with Gasteiger partial charge in [0.1, 0.15) is 0 Å². The fourth-order valence-electron chi connectivity index (χ4n) is 0.888. The van der Waals surface area contributed by atoms with Crippen molar-refractivity contribution in [2.45, 2.75) is 6.92 Å². The zero-order chi connectivity index (χ0) is 8.39. The van der Waals surface area contributed by atoms with Gasteiger partial charge in [0.15, 0.2) is 0 Å². The fourth-order valence-corrected chi connectivity index (χ4v) is 5.97. The predicted octanol–water partition coefficient (Wildman–Crippen LogP) is 1.77. The molecule has 0 spiro atoms. The minimum atomic E-state index is 0.549. The molecule has 0 unspecified atom stereocenters. The number of hydrogen-bond donors (Lipinski definition) is 0. The van der Waals surface area contributed by atoms with Gasteiger partial charge in [-0.25, -0.2) is 0 Å². The van der Waals surface area contributed by atoms with E-state index in [0.717, 1.165) is 0 Å². The molecule has 2 aromatic heterocycles. The van der Waals surface area contributed by atoms with Gasteiger partial charge >= 0.3 is 86.6 Å². The first kappa shape index (κ1) is 8.51. The summed E-state index contributed by atoms with van der Waals surface area (Å²) in [4.78, 5) is 1.42. The van der Waals surface area contributed by atoms with Gasteiger partial charge in [-0.3, -0.25) is 0 Å². The molecule has 0 nitrogen and oxygen atoms in total. The van der Waals surface area contributed by atoms with Crippen LogP contribution in [0.25, 0.3) is 0 Å². The van der Waals surface area contributed by atoms with Crippen molar-refractivity contribution in [2.75, 3.05) is 0 Å². The van der Waals surface area contributed by atoms with Gasteiger partial charge < -0.3 is 0 Å². The van der Waals surface area contributed by atoms with Crippen molar-refractivity contribution < 1.29 is 0 Å². The monoisotopic (exact) mass is 260 g/mol. The summed E-state index contributed by atoms with van der Waals surface area (Å²) in [5, 5.41) is 2.15. The molecule has 0 fully saturated rings. The van der Waals surface area contributed by atoms with E-state index in [9.17, 15) is 0 Å². The Morgan fingerprint density at radius 1 is 1.17 bits per heavy atom. The molecular weight excluding hydrogens is 251 g/mol. The van der Waals surface area contributed by atoms with Gasteiger partial charge in [0.25, 0.3) is 0 Å². The summed E-state index contributed by atoms with van der Waals surface area (Å²) >= 11 is 4.33. The summed E-state index contributed by atoms with van der Waals surface area (Å²) < 4.78 is 3.05. The van der Waals surface area contributed by atoms with E-state index in [-0.39, 0.29) is 0 Å². The maximum atomic E-state index is 2.25. The molecule has 2 heterocycles. The Balaban J connectivity index is 2.14. The van der Waals surface area contributed by atoms with E-state index in [1.165, 1.54) is 12.4 Å². The number of thiophene rings is 2. The third kappa shape index (κ3) is 1.99. The molecule has 2 rings (SSSR count). The van der Waals surface area contributed by atoms with Crippen LogP contribution in [0.1, 0.15) is 4.88 Å². The summed E-state index contributed by atoms with van der Waals surface area (Å²) in [6, 6.07) is 8.80. The SMILES string of the molecule is Cc1ccc([Se]c2cccs2)s1. The third-order valence-corrected chi connectivity index (χ3v) is 6.28. The zero-order valence-corrected chi connectivity index (χ0v) is 9.96. The van der Waals surface area contributed by atoms with E-state index in [2.05, 4.69) is 36.6 Å². The Bertz CT molecular complexity index is 348. The standard InChI is InChI=1S/C9H8S2Se/c1-7-4-5-9(11-7)12-8-3-2-6-10-8/h2-6H,1H3. The summed E-state index contributed by atoms with van der Waals surface area (Å²) in [5.41, 5.74) is 0. The van der Waals surface area contributed by atoms with Crippen LogP contribution in [-0.4, -0.2) is 15.0 Å². The van der Waals surface area contributed by atoms with Gasteiger partial charge in [-0.15, -0.1) is 0 Å². The van der Waals surface area contributed by atoms with Crippen LogP contribution in [0.5, 0.6) is 0 Å². The van der Waals surface area contributed by atoms with Gasteiger partial charge in [-0.1, -0.05) is 0 Å². The molecule has 0 saturated carbocycles. The van der Waals surface area contributed by atoms with E-state index in [1.807, 2.05) is 22.7 Å². The van der Waals surface area contributed by atoms with Crippen molar-refractivity contribution in [3.05, 3.63) is 34.5 Å². The molecule has 0 aromatic carbocycles. The van der Waals surface area contributed by atoms with Gasteiger partial charge in [-0.2, -0.15) is 0 Å². The van der Waals surface area contributed by atoms with Crippen LogP contribution >= 0.6 is 22.7 Å². The summed E-state index contributed by atoms with van der Waals surface area (Å²) in [6.45, 7) is 2.17. The molecular formula is C9H8S2Se. The topological polar surface area (TPSA) is 0 Å². The van der Waals surface area contributed by atoms with E-state index >= 15 is 0 Å². The second-order valence-corrected chi connectivity index (χ2v) is 8.08. The van der Waals surface area contributed by atoms with Crippen LogP contribution < -0.4 is 7.55 Å². The first-order valence-corrected chi connectivity index (χ1v) is 7.03. The first-order valence-electron chi connectivity index (χ1n) is 3.62. The molecule has 3 heteroatoms. The minimum absolute atomic E-state index is 0.549. The van der Waals surface area contributed by atoms with Crippen LogP contribution in [0.15, 0.2) is 29.6 Å². The zero-order valence-electron chi connectivity index (χ0n) is 6.61. The van der Waals surface area contributed by atoms with E-state index in [0.29, 0.717) is 15.0 Å². The second kappa shape index (κ2) is 3.75. The summed E-state index contributed by atoms with van der Waals surface area (Å²) in [7, 11) is 0. The average molecular weight is 259 g/mol. The molecule has 0 aliphatic heterocycles. The van der Waals surface area contributed by atoms with Crippen LogP contribution in [-0.2, 0) is 0 Å². The second-order valence-electron chi connectivity index (χ2n) is 2.40. The molecule has 0 bridgehead atoms.